The molecule has 3 aromatic rings. The van der Waals surface area contributed by atoms with E-state index in [-0.39, 0.29) is 17.7 Å². The number of hydrogen-bond donors (Lipinski definition) is 1. The first kappa shape index (κ1) is 17.2. The predicted octanol–water partition coefficient (Wildman–Crippen LogP) is 5.61. The number of fused-ring (bicyclic) bond motifs is 3. The van der Waals surface area contributed by atoms with Gasteiger partial charge in [-0.3, -0.25) is 0 Å². The van der Waals surface area contributed by atoms with Gasteiger partial charge in [-0.05, 0) is 66.2 Å². The highest BCUT2D eigenvalue weighted by molar-refractivity contribution is 6.30. The first-order chi connectivity index (χ1) is 13.6. The molecule has 2 heterocycles. The van der Waals surface area contributed by atoms with Crippen molar-refractivity contribution < 1.29 is 13.5 Å². The molecule has 5 rings (SSSR count). The molecular formula is C22H15ClF2N2O. The standard InChI is InChI=1S/C22H15ClF2N2O/c23-15-6-9-21-18(11-15)20-12-19(13-4-7-16(24)8-5-13)26-27(20)22(28-21)14-2-1-3-17(25)10-14/h1-12,20,22,26H. The van der Waals surface area contributed by atoms with Crippen molar-refractivity contribution in [3.63, 3.8) is 0 Å². The van der Waals surface area contributed by atoms with E-state index in [0.29, 0.717) is 16.3 Å². The second-order valence-corrected chi connectivity index (χ2v) is 7.19. The van der Waals surface area contributed by atoms with E-state index in [1.807, 2.05) is 29.3 Å². The fourth-order valence-electron chi connectivity index (χ4n) is 3.64. The number of nitrogens with one attached hydrogen (secondary N) is 1. The molecule has 0 aromatic heterocycles. The van der Waals surface area contributed by atoms with Crippen LogP contribution in [0.25, 0.3) is 5.70 Å². The van der Waals surface area contributed by atoms with Crippen LogP contribution in [-0.2, 0) is 0 Å². The summed E-state index contributed by atoms with van der Waals surface area (Å²) in [4.78, 5) is 0. The van der Waals surface area contributed by atoms with Crippen molar-refractivity contribution in [2.75, 3.05) is 0 Å². The van der Waals surface area contributed by atoms with E-state index in [1.165, 1.54) is 24.3 Å². The highest BCUT2D eigenvalue weighted by Crippen LogP contribution is 2.46. The Balaban J connectivity index is 1.60. The maximum Gasteiger partial charge on any atom is 0.196 e. The predicted molar refractivity (Wildman–Crippen MR) is 103 cm³/mol. The number of hydrazine groups is 1. The molecule has 140 valence electrons. The van der Waals surface area contributed by atoms with Gasteiger partial charge in [-0.2, -0.15) is 5.01 Å². The fourth-order valence-corrected chi connectivity index (χ4v) is 3.82. The lowest BCUT2D eigenvalue weighted by atomic mass is 10.0. The third-order valence-electron chi connectivity index (χ3n) is 4.94. The van der Waals surface area contributed by atoms with Crippen molar-refractivity contribution in [3.8, 4) is 5.75 Å². The summed E-state index contributed by atoms with van der Waals surface area (Å²) in [5.74, 6) is 0.0713. The third-order valence-corrected chi connectivity index (χ3v) is 5.18. The van der Waals surface area contributed by atoms with Crippen LogP contribution in [-0.4, -0.2) is 5.01 Å². The molecule has 3 aromatic carbocycles. The van der Waals surface area contributed by atoms with Crippen LogP contribution in [0.5, 0.6) is 5.75 Å². The van der Waals surface area contributed by atoms with Gasteiger partial charge in [0.1, 0.15) is 17.4 Å². The summed E-state index contributed by atoms with van der Waals surface area (Å²) in [6.45, 7) is 0. The van der Waals surface area contributed by atoms with Gasteiger partial charge in [0, 0.05) is 16.1 Å². The number of nitrogens with zero attached hydrogens (tertiary/aromatic N) is 1. The average molecular weight is 397 g/mol. The monoisotopic (exact) mass is 396 g/mol. The quantitative estimate of drug-likeness (QED) is 0.609. The molecule has 1 N–H and O–H groups in total. The topological polar surface area (TPSA) is 24.5 Å². The summed E-state index contributed by atoms with van der Waals surface area (Å²) in [6, 6.07) is 17.9. The summed E-state index contributed by atoms with van der Waals surface area (Å²) in [5.41, 5.74) is 6.60. The number of hydrogen-bond acceptors (Lipinski definition) is 3. The Kier molecular flexibility index (Phi) is 4.07. The molecule has 2 unspecified atom stereocenters. The van der Waals surface area contributed by atoms with E-state index in [0.717, 1.165) is 16.8 Å². The molecule has 2 atom stereocenters. The van der Waals surface area contributed by atoms with E-state index in [4.69, 9.17) is 16.3 Å². The number of ether oxygens (including phenoxy) is 1. The van der Waals surface area contributed by atoms with Crippen LogP contribution in [0.1, 0.15) is 29.0 Å². The highest BCUT2D eigenvalue weighted by atomic mass is 35.5. The summed E-state index contributed by atoms with van der Waals surface area (Å²) < 4.78 is 33.3. The van der Waals surface area contributed by atoms with Crippen molar-refractivity contribution in [3.05, 3.63) is 106 Å². The Labute approximate surface area is 165 Å². The normalized spacial score (nSPS) is 20.6. The first-order valence-corrected chi connectivity index (χ1v) is 9.20. The largest absolute Gasteiger partial charge is 0.469 e. The van der Waals surface area contributed by atoms with Gasteiger partial charge >= 0.3 is 0 Å². The fraction of sp³-hybridized carbons (Fsp3) is 0.0909. The number of rotatable bonds is 2. The minimum atomic E-state index is -0.538. The minimum absolute atomic E-state index is 0.171. The third kappa shape index (κ3) is 2.93. The second kappa shape index (κ2) is 6.62. The molecule has 0 radical (unpaired) electrons. The van der Waals surface area contributed by atoms with E-state index >= 15 is 0 Å². The maximum absolute atomic E-state index is 13.8. The van der Waals surface area contributed by atoms with Gasteiger partial charge in [0.15, 0.2) is 6.23 Å². The first-order valence-electron chi connectivity index (χ1n) is 8.83. The molecular weight excluding hydrogens is 382 g/mol. The molecule has 28 heavy (non-hydrogen) atoms. The molecule has 2 aliphatic rings. The lowest BCUT2D eigenvalue weighted by Crippen LogP contribution is -2.43. The summed E-state index contributed by atoms with van der Waals surface area (Å²) in [6.07, 6.45) is 1.50. The Morgan fingerprint density at radius 1 is 0.929 bits per heavy atom. The van der Waals surface area contributed by atoms with Crippen LogP contribution in [0.3, 0.4) is 0 Å². The lowest BCUT2D eigenvalue weighted by molar-refractivity contribution is -0.0328. The molecule has 0 saturated heterocycles. The minimum Gasteiger partial charge on any atom is -0.469 e. The van der Waals surface area contributed by atoms with Crippen LogP contribution < -0.4 is 10.2 Å². The Hall–Kier alpha value is -2.89. The Bertz CT molecular complexity index is 1080. The molecule has 6 heteroatoms. The molecule has 0 fully saturated rings. The van der Waals surface area contributed by atoms with Crippen LogP contribution in [0.4, 0.5) is 8.78 Å². The van der Waals surface area contributed by atoms with Crippen molar-refractivity contribution in [1.29, 1.82) is 0 Å². The summed E-state index contributed by atoms with van der Waals surface area (Å²) in [7, 11) is 0. The van der Waals surface area contributed by atoms with Gasteiger partial charge in [-0.15, -0.1) is 0 Å². The summed E-state index contributed by atoms with van der Waals surface area (Å²) >= 11 is 6.21. The molecule has 0 bridgehead atoms. The van der Waals surface area contributed by atoms with Crippen LogP contribution in [0, 0.1) is 11.6 Å². The average Bonchev–Trinajstić information content (AvgIpc) is 3.14. The van der Waals surface area contributed by atoms with Gasteiger partial charge < -0.3 is 10.2 Å². The molecule has 0 saturated carbocycles. The molecule has 3 nitrogen and oxygen atoms in total. The van der Waals surface area contributed by atoms with Crippen molar-refractivity contribution in [2.45, 2.75) is 12.3 Å². The van der Waals surface area contributed by atoms with Gasteiger partial charge in [0.05, 0.1) is 11.7 Å². The smallest absolute Gasteiger partial charge is 0.196 e. The van der Waals surface area contributed by atoms with Crippen molar-refractivity contribution in [2.24, 2.45) is 0 Å². The highest BCUT2D eigenvalue weighted by Gasteiger charge is 2.40. The van der Waals surface area contributed by atoms with Gasteiger partial charge in [-0.25, -0.2) is 8.78 Å². The van der Waals surface area contributed by atoms with Crippen molar-refractivity contribution >= 4 is 17.3 Å². The maximum atomic E-state index is 13.8. The zero-order valence-electron chi connectivity index (χ0n) is 14.6. The van der Waals surface area contributed by atoms with Gasteiger partial charge in [0.2, 0.25) is 0 Å². The molecule has 0 amide bonds. The second-order valence-electron chi connectivity index (χ2n) is 6.76. The van der Waals surface area contributed by atoms with E-state index in [9.17, 15) is 8.78 Å². The van der Waals surface area contributed by atoms with Crippen LogP contribution in [0.2, 0.25) is 5.02 Å². The van der Waals surface area contributed by atoms with Crippen molar-refractivity contribution in [1.82, 2.24) is 10.4 Å². The SMILES string of the molecule is Fc1ccc(C2=CC3c4cc(Cl)ccc4OC(c4cccc(F)c4)N3N2)cc1. The zero-order valence-corrected chi connectivity index (χ0v) is 15.3. The molecule has 0 spiro atoms. The Morgan fingerprint density at radius 2 is 1.75 bits per heavy atom. The number of benzene rings is 3. The van der Waals surface area contributed by atoms with Gasteiger partial charge in [0.25, 0.3) is 0 Å². The molecule has 0 aliphatic carbocycles. The van der Waals surface area contributed by atoms with E-state index in [2.05, 4.69) is 5.43 Å². The van der Waals surface area contributed by atoms with Crippen LogP contribution >= 0.6 is 11.6 Å². The summed E-state index contributed by atoms with van der Waals surface area (Å²) in [5, 5.41) is 2.52. The lowest BCUT2D eigenvalue weighted by Gasteiger charge is -2.39. The number of halogens is 3. The Morgan fingerprint density at radius 3 is 2.54 bits per heavy atom. The zero-order chi connectivity index (χ0) is 19.3. The van der Waals surface area contributed by atoms with Gasteiger partial charge in [-0.1, -0.05) is 23.7 Å². The van der Waals surface area contributed by atoms with E-state index < -0.39 is 6.23 Å². The van der Waals surface area contributed by atoms with E-state index in [1.54, 1.807) is 24.3 Å². The van der Waals surface area contributed by atoms with Crippen LogP contribution in [0.15, 0.2) is 72.8 Å². The molecule has 2 aliphatic heterocycles.